The van der Waals surface area contributed by atoms with Crippen molar-refractivity contribution in [3.05, 3.63) is 94.5 Å². The Morgan fingerprint density at radius 3 is 2.63 bits per heavy atom. The number of aryl methyl sites for hydroxylation is 3. The normalized spacial score (nSPS) is 14.6. The van der Waals surface area contributed by atoms with Gasteiger partial charge in [-0.25, -0.2) is 4.98 Å². The Balaban J connectivity index is 0.00000253. The average molecular weight is 471 g/mol. The minimum Gasteiger partial charge on any atom is -0.545 e. The number of carboxylic acid groups (broad SMARTS) is 1. The minimum absolute atomic E-state index is 0. The number of furan rings is 1. The van der Waals surface area contributed by atoms with Gasteiger partial charge in [0.1, 0.15) is 23.1 Å². The maximum atomic E-state index is 12.3. The standard InChI is InChI=1S/C29H23NO4.Na/c1-16-11-13-25(33-24-14-12-18-7-3-4-9-20(18)24)26-21(29(31)32)15-22(30-27(16)26)28-17(2)19-8-5-6-10-23(19)34-28;/h3-11,13,15,24H,12,14H2,1-2H3,(H,31,32);/q;+1/p-1/t24-;/m1./s1. The first-order valence-corrected chi connectivity index (χ1v) is 11.4. The van der Waals surface area contributed by atoms with E-state index in [1.807, 2.05) is 62.4 Å². The summed E-state index contributed by atoms with van der Waals surface area (Å²) >= 11 is 0. The van der Waals surface area contributed by atoms with Crippen molar-refractivity contribution in [3.63, 3.8) is 0 Å². The summed E-state index contributed by atoms with van der Waals surface area (Å²) in [6.45, 7) is 3.87. The number of carboxylic acids is 1. The Morgan fingerprint density at radius 2 is 1.83 bits per heavy atom. The first kappa shape index (κ1) is 23.6. The van der Waals surface area contributed by atoms with E-state index in [0.717, 1.165) is 40.5 Å². The molecule has 0 radical (unpaired) electrons. The second kappa shape index (κ2) is 9.15. The number of rotatable bonds is 4. The number of benzene rings is 3. The zero-order valence-electron chi connectivity index (χ0n) is 19.9. The van der Waals surface area contributed by atoms with Gasteiger partial charge in [0.15, 0.2) is 5.76 Å². The molecule has 0 saturated carbocycles. The predicted molar refractivity (Wildman–Crippen MR) is 129 cm³/mol. The van der Waals surface area contributed by atoms with E-state index < -0.39 is 5.97 Å². The van der Waals surface area contributed by atoms with Crippen molar-refractivity contribution in [1.82, 2.24) is 4.98 Å². The van der Waals surface area contributed by atoms with Gasteiger partial charge >= 0.3 is 29.6 Å². The van der Waals surface area contributed by atoms with Crippen molar-refractivity contribution >= 4 is 27.8 Å². The summed E-state index contributed by atoms with van der Waals surface area (Å²) in [5.74, 6) is -0.215. The summed E-state index contributed by atoms with van der Waals surface area (Å²) in [5, 5.41) is 13.8. The molecule has 0 amide bonds. The molecule has 0 aliphatic heterocycles. The number of aromatic nitrogens is 1. The third-order valence-corrected chi connectivity index (χ3v) is 6.77. The van der Waals surface area contributed by atoms with Gasteiger partial charge in [0.2, 0.25) is 0 Å². The Bertz CT molecular complexity index is 1600. The van der Waals surface area contributed by atoms with Crippen LogP contribution in [-0.4, -0.2) is 11.0 Å². The molecule has 6 heteroatoms. The molecule has 1 aliphatic carbocycles. The van der Waals surface area contributed by atoms with Gasteiger partial charge in [0, 0.05) is 16.5 Å². The topological polar surface area (TPSA) is 75.4 Å². The summed E-state index contributed by atoms with van der Waals surface area (Å²) in [6.07, 6.45) is 1.65. The second-order valence-corrected chi connectivity index (χ2v) is 8.84. The summed E-state index contributed by atoms with van der Waals surface area (Å²) in [6, 6.07) is 21.2. The molecule has 5 aromatic rings. The van der Waals surface area contributed by atoms with Gasteiger partial charge in [-0.05, 0) is 61.6 Å². The van der Waals surface area contributed by atoms with Gasteiger partial charge in [-0.1, -0.05) is 48.5 Å². The largest absolute Gasteiger partial charge is 1.00 e. The van der Waals surface area contributed by atoms with Gasteiger partial charge in [0.05, 0.1) is 16.9 Å². The van der Waals surface area contributed by atoms with E-state index in [4.69, 9.17) is 14.1 Å². The third kappa shape index (κ3) is 3.94. The molecule has 0 bridgehead atoms. The smallest absolute Gasteiger partial charge is 0.545 e. The molecular formula is C29H22NNaO4. The number of ether oxygens (including phenoxy) is 1. The average Bonchev–Trinajstić information content (AvgIpc) is 3.41. The first-order valence-electron chi connectivity index (χ1n) is 11.4. The van der Waals surface area contributed by atoms with Gasteiger partial charge in [-0.3, -0.25) is 0 Å². The van der Waals surface area contributed by atoms with E-state index >= 15 is 0 Å². The molecule has 5 nitrogen and oxygen atoms in total. The molecule has 0 N–H and O–H groups in total. The zero-order valence-corrected chi connectivity index (χ0v) is 21.9. The van der Waals surface area contributed by atoms with E-state index in [0.29, 0.717) is 28.1 Å². The number of pyridine rings is 1. The molecule has 0 unspecified atom stereocenters. The van der Waals surface area contributed by atoms with Crippen molar-refractivity contribution in [2.45, 2.75) is 32.8 Å². The minimum atomic E-state index is -1.27. The molecule has 3 aromatic carbocycles. The van der Waals surface area contributed by atoms with E-state index in [2.05, 4.69) is 12.1 Å². The van der Waals surface area contributed by atoms with Gasteiger partial charge in [0.25, 0.3) is 0 Å². The van der Waals surface area contributed by atoms with Crippen LogP contribution in [-0.2, 0) is 6.42 Å². The molecule has 35 heavy (non-hydrogen) atoms. The quantitative estimate of drug-likeness (QED) is 0.377. The van der Waals surface area contributed by atoms with E-state index in [1.54, 1.807) is 0 Å². The Kier molecular flexibility index (Phi) is 6.18. The number of hydrogen-bond donors (Lipinski definition) is 0. The molecule has 1 aliphatic rings. The Hall–Kier alpha value is -3.12. The van der Waals surface area contributed by atoms with Crippen LogP contribution in [0.4, 0.5) is 0 Å². The van der Waals surface area contributed by atoms with Crippen LogP contribution in [0, 0.1) is 13.8 Å². The van der Waals surface area contributed by atoms with Crippen LogP contribution in [0.2, 0.25) is 0 Å². The first-order chi connectivity index (χ1) is 16.5. The molecule has 0 spiro atoms. The van der Waals surface area contributed by atoms with Crippen LogP contribution >= 0.6 is 0 Å². The number of nitrogens with zero attached hydrogens (tertiary/aromatic N) is 1. The molecule has 168 valence electrons. The SMILES string of the molecule is Cc1c(-c2cc(C(=O)[O-])c3c(O[C@@H]4CCc5ccccc54)ccc(C)c3n2)oc2ccccc12.[Na+]. The number of para-hydroxylation sites is 1. The molecule has 0 fully saturated rings. The monoisotopic (exact) mass is 471 g/mol. The van der Waals surface area contributed by atoms with E-state index in [1.165, 1.54) is 11.6 Å². The maximum Gasteiger partial charge on any atom is 1.00 e. The predicted octanol–water partition coefficient (Wildman–Crippen LogP) is 2.70. The molecule has 2 aromatic heterocycles. The molecule has 1 atom stereocenters. The molecule has 2 heterocycles. The van der Waals surface area contributed by atoms with Crippen LogP contribution in [0.25, 0.3) is 33.3 Å². The van der Waals surface area contributed by atoms with Crippen molar-refractivity contribution in [2.75, 3.05) is 0 Å². The summed E-state index contributed by atoms with van der Waals surface area (Å²) in [5.41, 5.74) is 6.00. The zero-order chi connectivity index (χ0) is 23.4. The fraction of sp³-hybridized carbons (Fsp3) is 0.172. The number of carbonyl (C=O) groups is 1. The van der Waals surface area contributed by atoms with Crippen LogP contribution in [0.3, 0.4) is 0 Å². The number of aromatic carboxylic acids is 1. The van der Waals surface area contributed by atoms with Gasteiger partial charge in [-0.15, -0.1) is 0 Å². The van der Waals surface area contributed by atoms with Crippen molar-refractivity contribution in [1.29, 1.82) is 0 Å². The third-order valence-electron chi connectivity index (χ3n) is 6.77. The van der Waals surface area contributed by atoms with Crippen LogP contribution in [0.5, 0.6) is 5.75 Å². The van der Waals surface area contributed by atoms with Crippen molar-refractivity contribution < 1.29 is 48.6 Å². The van der Waals surface area contributed by atoms with E-state index in [9.17, 15) is 9.90 Å². The Morgan fingerprint density at radius 1 is 1.06 bits per heavy atom. The molecular weight excluding hydrogens is 449 g/mol. The molecule has 6 rings (SSSR count). The second-order valence-electron chi connectivity index (χ2n) is 8.84. The fourth-order valence-electron chi connectivity index (χ4n) is 5.03. The van der Waals surface area contributed by atoms with Gasteiger partial charge in [-0.2, -0.15) is 0 Å². The van der Waals surface area contributed by atoms with Gasteiger partial charge < -0.3 is 19.1 Å². The summed E-state index contributed by atoms with van der Waals surface area (Å²) in [4.78, 5) is 17.2. The van der Waals surface area contributed by atoms with E-state index in [-0.39, 0.29) is 41.2 Å². The van der Waals surface area contributed by atoms with Crippen LogP contribution < -0.4 is 39.4 Å². The Labute approximate surface area is 225 Å². The van der Waals surface area contributed by atoms with Crippen LogP contribution in [0.1, 0.15) is 45.1 Å². The number of hydrogen-bond acceptors (Lipinski definition) is 5. The van der Waals surface area contributed by atoms with Crippen molar-refractivity contribution in [3.8, 4) is 17.2 Å². The summed E-state index contributed by atoms with van der Waals surface area (Å²) < 4.78 is 12.5. The fourth-order valence-corrected chi connectivity index (χ4v) is 5.03. The van der Waals surface area contributed by atoms with Crippen molar-refractivity contribution in [2.24, 2.45) is 0 Å². The number of carbonyl (C=O) groups excluding carboxylic acids is 1. The number of fused-ring (bicyclic) bond motifs is 3. The van der Waals surface area contributed by atoms with Crippen LogP contribution in [0.15, 0.2) is 71.1 Å². The summed E-state index contributed by atoms with van der Waals surface area (Å²) in [7, 11) is 0. The molecule has 0 saturated heterocycles. The maximum absolute atomic E-state index is 12.3.